The minimum absolute atomic E-state index is 0.0375. The number of ether oxygens (including phenoxy) is 1. The van der Waals surface area contributed by atoms with Crippen molar-refractivity contribution >= 4 is 29.4 Å². The molecule has 25 heavy (non-hydrogen) atoms. The Balaban J connectivity index is 1.56. The number of urea groups is 1. The molecule has 2 aliphatic heterocycles. The van der Waals surface area contributed by atoms with Crippen molar-refractivity contribution in [2.45, 2.75) is 18.5 Å². The molecule has 2 saturated heterocycles. The molecule has 0 spiro atoms. The third-order valence-electron chi connectivity index (χ3n) is 4.99. The number of morpholine rings is 1. The zero-order chi connectivity index (χ0) is 17.7. The minimum atomic E-state index is -0.0375. The van der Waals surface area contributed by atoms with Gasteiger partial charge in [-0.05, 0) is 29.9 Å². The summed E-state index contributed by atoms with van der Waals surface area (Å²) in [6, 6.07) is 7.60. The van der Waals surface area contributed by atoms with Crippen LogP contribution in [-0.2, 0) is 11.3 Å². The van der Waals surface area contributed by atoms with Gasteiger partial charge >= 0.3 is 6.03 Å². The molecule has 0 aromatic heterocycles. The van der Waals surface area contributed by atoms with Crippen molar-refractivity contribution in [1.82, 2.24) is 15.1 Å². The van der Waals surface area contributed by atoms with E-state index in [-0.39, 0.29) is 11.6 Å². The molecule has 1 atom stereocenters. The molecule has 2 amide bonds. The van der Waals surface area contributed by atoms with Crippen LogP contribution in [0.2, 0.25) is 5.02 Å². The summed E-state index contributed by atoms with van der Waals surface area (Å²) in [7, 11) is 1.82. The van der Waals surface area contributed by atoms with E-state index in [2.05, 4.69) is 10.2 Å². The number of rotatable bonds is 5. The molecule has 1 aromatic carbocycles. The number of nitrogens with zero attached hydrogens (tertiary/aromatic N) is 2. The Bertz CT molecular complexity index is 589. The minimum Gasteiger partial charge on any atom is -0.379 e. The molecule has 5 nitrogen and oxygen atoms in total. The fourth-order valence-electron chi connectivity index (χ4n) is 3.49. The second kappa shape index (κ2) is 8.62. The third-order valence-corrected chi connectivity index (χ3v) is 6.46. The average molecular weight is 384 g/mol. The summed E-state index contributed by atoms with van der Waals surface area (Å²) in [5.41, 5.74) is 1.10. The first kappa shape index (κ1) is 18.8. The Kier molecular flexibility index (Phi) is 6.49. The predicted molar refractivity (Wildman–Crippen MR) is 103 cm³/mol. The number of halogens is 1. The molecular formula is C18H26ClN3O2S. The fraction of sp³-hybridized carbons (Fsp3) is 0.611. The molecule has 0 saturated carbocycles. The van der Waals surface area contributed by atoms with Crippen LogP contribution in [0.3, 0.4) is 0 Å². The van der Waals surface area contributed by atoms with Gasteiger partial charge in [-0.3, -0.25) is 4.90 Å². The Morgan fingerprint density at radius 1 is 1.44 bits per heavy atom. The quantitative estimate of drug-likeness (QED) is 0.849. The van der Waals surface area contributed by atoms with E-state index in [1.807, 2.05) is 43.1 Å². The number of benzene rings is 1. The van der Waals surface area contributed by atoms with Gasteiger partial charge in [0.15, 0.2) is 0 Å². The summed E-state index contributed by atoms with van der Waals surface area (Å²) >= 11 is 8.00. The SMILES string of the molecule is CN(Cc1cccc(Cl)c1)C(=O)NCC1(N2CCOCC2)CCSC1. The lowest BCUT2D eigenvalue weighted by molar-refractivity contribution is -0.0127. The number of hydrogen-bond acceptors (Lipinski definition) is 4. The van der Waals surface area contributed by atoms with Crippen molar-refractivity contribution in [2.75, 3.05) is 51.4 Å². The lowest BCUT2D eigenvalue weighted by Gasteiger charge is -2.43. The topological polar surface area (TPSA) is 44.8 Å². The highest BCUT2D eigenvalue weighted by molar-refractivity contribution is 7.99. The number of hydrogen-bond donors (Lipinski definition) is 1. The first-order valence-electron chi connectivity index (χ1n) is 8.73. The molecule has 138 valence electrons. The summed E-state index contributed by atoms with van der Waals surface area (Å²) < 4.78 is 5.49. The second-order valence-corrected chi connectivity index (χ2v) is 8.31. The standard InChI is InChI=1S/C18H26ClN3O2S/c1-21(12-15-3-2-4-16(19)11-15)17(23)20-13-18(5-10-25-14-18)22-6-8-24-9-7-22/h2-4,11H,5-10,12-14H2,1H3,(H,20,23). The van der Waals surface area contributed by atoms with Crippen molar-refractivity contribution in [3.05, 3.63) is 34.9 Å². The van der Waals surface area contributed by atoms with Gasteiger partial charge in [0.25, 0.3) is 0 Å². The monoisotopic (exact) mass is 383 g/mol. The molecule has 0 aliphatic carbocycles. The largest absolute Gasteiger partial charge is 0.379 e. The van der Waals surface area contributed by atoms with Crippen molar-refractivity contribution in [2.24, 2.45) is 0 Å². The fourth-order valence-corrected chi connectivity index (χ4v) is 5.18. The van der Waals surface area contributed by atoms with Gasteiger partial charge in [0, 0.05) is 49.5 Å². The van der Waals surface area contributed by atoms with E-state index in [1.165, 1.54) is 0 Å². The van der Waals surface area contributed by atoms with Crippen LogP contribution in [0.15, 0.2) is 24.3 Å². The molecule has 0 bridgehead atoms. The number of thioether (sulfide) groups is 1. The number of carbonyl (C=O) groups excluding carboxylic acids is 1. The molecular weight excluding hydrogens is 358 g/mol. The van der Waals surface area contributed by atoms with Gasteiger partial charge in [-0.1, -0.05) is 23.7 Å². The van der Waals surface area contributed by atoms with Gasteiger partial charge in [-0.2, -0.15) is 11.8 Å². The zero-order valence-corrected chi connectivity index (χ0v) is 16.2. The average Bonchev–Trinajstić information content (AvgIpc) is 3.10. The second-order valence-electron chi connectivity index (χ2n) is 6.77. The molecule has 7 heteroatoms. The van der Waals surface area contributed by atoms with Gasteiger partial charge in [0.1, 0.15) is 0 Å². The summed E-state index contributed by atoms with van der Waals surface area (Å²) in [5.74, 6) is 2.23. The van der Waals surface area contributed by atoms with E-state index in [1.54, 1.807) is 4.90 Å². The van der Waals surface area contributed by atoms with Crippen molar-refractivity contribution in [1.29, 1.82) is 0 Å². The van der Waals surface area contributed by atoms with Crippen LogP contribution in [0.5, 0.6) is 0 Å². The van der Waals surface area contributed by atoms with Crippen LogP contribution < -0.4 is 5.32 Å². The number of amides is 2. The van der Waals surface area contributed by atoms with Crippen LogP contribution in [0.1, 0.15) is 12.0 Å². The number of nitrogens with one attached hydrogen (secondary N) is 1. The van der Waals surface area contributed by atoms with E-state index >= 15 is 0 Å². The molecule has 1 aromatic rings. The van der Waals surface area contributed by atoms with Gasteiger partial charge in [-0.15, -0.1) is 0 Å². The van der Waals surface area contributed by atoms with Crippen LogP contribution in [-0.4, -0.2) is 72.8 Å². The molecule has 1 N–H and O–H groups in total. The van der Waals surface area contributed by atoms with E-state index in [9.17, 15) is 4.79 Å². The maximum absolute atomic E-state index is 12.5. The van der Waals surface area contributed by atoms with E-state index in [0.717, 1.165) is 49.8 Å². The van der Waals surface area contributed by atoms with Crippen LogP contribution >= 0.6 is 23.4 Å². The Hall–Kier alpha value is -0.950. The first-order chi connectivity index (χ1) is 12.1. The lowest BCUT2D eigenvalue weighted by Crippen LogP contribution is -2.59. The highest BCUT2D eigenvalue weighted by Gasteiger charge is 2.41. The van der Waals surface area contributed by atoms with Crippen molar-refractivity contribution in [3.8, 4) is 0 Å². The van der Waals surface area contributed by atoms with Gasteiger partial charge < -0.3 is 15.0 Å². The summed E-state index contributed by atoms with van der Waals surface area (Å²) in [6.07, 6.45) is 1.12. The van der Waals surface area contributed by atoms with Crippen molar-refractivity contribution < 1.29 is 9.53 Å². The van der Waals surface area contributed by atoms with Gasteiger partial charge in [0.05, 0.1) is 13.2 Å². The highest BCUT2D eigenvalue weighted by atomic mass is 35.5. The molecule has 2 aliphatic rings. The van der Waals surface area contributed by atoms with E-state index in [4.69, 9.17) is 16.3 Å². The summed E-state index contributed by atoms with van der Waals surface area (Å²) in [5, 5.41) is 3.85. The third kappa shape index (κ3) is 4.82. The first-order valence-corrected chi connectivity index (χ1v) is 10.3. The van der Waals surface area contributed by atoms with Crippen LogP contribution in [0.4, 0.5) is 4.79 Å². The van der Waals surface area contributed by atoms with E-state index in [0.29, 0.717) is 18.1 Å². The predicted octanol–water partition coefficient (Wildman–Crippen LogP) is 2.69. The summed E-state index contributed by atoms with van der Waals surface area (Å²) in [6.45, 7) is 4.72. The molecule has 1 unspecified atom stereocenters. The van der Waals surface area contributed by atoms with Crippen molar-refractivity contribution in [3.63, 3.8) is 0 Å². The summed E-state index contributed by atoms with van der Waals surface area (Å²) in [4.78, 5) is 16.8. The Morgan fingerprint density at radius 2 is 2.24 bits per heavy atom. The zero-order valence-electron chi connectivity index (χ0n) is 14.7. The van der Waals surface area contributed by atoms with Gasteiger partial charge in [-0.25, -0.2) is 4.79 Å². The molecule has 2 heterocycles. The maximum atomic E-state index is 12.5. The Labute approximate surface area is 159 Å². The molecule has 0 radical (unpaired) electrons. The smallest absolute Gasteiger partial charge is 0.317 e. The lowest BCUT2D eigenvalue weighted by atomic mass is 9.95. The Morgan fingerprint density at radius 3 is 2.92 bits per heavy atom. The van der Waals surface area contributed by atoms with E-state index < -0.39 is 0 Å². The number of carbonyl (C=O) groups is 1. The molecule has 3 rings (SSSR count). The normalized spacial score (nSPS) is 24.2. The van der Waals surface area contributed by atoms with Crippen LogP contribution in [0.25, 0.3) is 0 Å². The maximum Gasteiger partial charge on any atom is 0.317 e. The molecule has 2 fully saturated rings. The van der Waals surface area contributed by atoms with Crippen LogP contribution in [0, 0.1) is 0 Å². The van der Waals surface area contributed by atoms with Gasteiger partial charge in [0.2, 0.25) is 0 Å². The highest BCUT2D eigenvalue weighted by Crippen LogP contribution is 2.33.